The van der Waals surface area contributed by atoms with Crippen molar-refractivity contribution in [3.8, 4) is 17.1 Å². The molecule has 6 nitrogen and oxygen atoms in total. The fraction of sp³-hybridized carbons (Fsp3) is 0.160. The Labute approximate surface area is 211 Å². The Hall–Kier alpha value is -4.42. The fourth-order valence-electron chi connectivity index (χ4n) is 3.30. The Morgan fingerprint density at radius 3 is 2.18 bits per heavy atom. The molecule has 1 heterocycles. The summed E-state index contributed by atoms with van der Waals surface area (Å²) >= 11 is 0. The largest absolute Gasteiger partial charge is 0.454 e. The van der Waals surface area contributed by atoms with Gasteiger partial charge in [0.2, 0.25) is 11.9 Å². The quantitative estimate of drug-likeness (QED) is 0.236. The van der Waals surface area contributed by atoms with Crippen LogP contribution < -0.4 is 15.4 Å². The number of nitrogens with zero attached hydrogens (tertiary/aromatic N) is 3. The van der Waals surface area contributed by atoms with Crippen LogP contribution in [0.3, 0.4) is 0 Å². The van der Waals surface area contributed by atoms with E-state index in [2.05, 4.69) is 30.3 Å². The first-order valence-electron chi connectivity index (χ1n) is 10.9. The van der Waals surface area contributed by atoms with Crippen LogP contribution in [0.25, 0.3) is 11.1 Å². The predicted molar refractivity (Wildman–Crippen MR) is 125 cm³/mol. The standard InChI is InChI=1S/C25H18F7N5O/c26-20-10-9-16(15-5-2-1-3-6-15)11-17(20)13-33-21-35-22(37-23(36-21)38-14-24(27,28)29)34-19-8-4-7-18(12-19)25(30,31)32/h1-12H,13-14H2,(H2,33,34,35,36,37). The minimum absolute atomic E-state index is 0.0830. The van der Waals surface area contributed by atoms with Gasteiger partial charge in [-0.2, -0.15) is 41.3 Å². The van der Waals surface area contributed by atoms with Crippen LogP contribution in [0.1, 0.15) is 11.1 Å². The first-order chi connectivity index (χ1) is 18.0. The number of hydrogen-bond acceptors (Lipinski definition) is 6. The van der Waals surface area contributed by atoms with Crippen molar-refractivity contribution in [3.05, 3.63) is 89.7 Å². The Balaban J connectivity index is 1.59. The molecule has 0 unspecified atom stereocenters. The molecular formula is C25H18F7N5O. The third kappa shape index (κ3) is 7.31. The van der Waals surface area contributed by atoms with Crippen LogP contribution in [0.15, 0.2) is 72.8 Å². The van der Waals surface area contributed by atoms with Gasteiger partial charge in [0.05, 0.1) is 5.56 Å². The van der Waals surface area contributed by atoms with Gasteiger partial charge in [-0.15, -0.1) is 0 Å². The lowest BCUT2D eigenvalue weighted by molar-refractivity contribution is -0.154. The Morgan fingerprint density at radius 1 is 0.737 bits per heavy atom. The number of nitrogens with one attached hydrogen (secondary N) is 2. The zero-order valence-electron chi connectivity index (χ0n) is 19.2. The van der Waals surface area contributed by atoms with Crippen molar-refractivity contribution < 1.29 is 35.5 Å². The van der Waals surface area contributed by atoms with Crippen molar-refractivity contribution >= 4 is 17.6 Å². The minimum atomic E-state index is -4.70. The molecule has 0 radical (unpaired) electrons. The normalized spacial score (nSPS) is 11.8. The van der Waals surface area contributed by atoms with Gasteiger partial charge in [0, 0.05) is 17.8 Å². The van der Waals surface area contributed by atoms with Gasteiger partial charge in [-0.1, -0.05) is 42.5 Å². The molecule has 38 heavy (non-hydrogen) atoms. The van der Waals surface area contributed by atoms with Gasteiger partial charge in [-0.3, -0.25) is 0 Å². The number of halogens is 7. The third-order valence-corrected chi connectivity index (χ3v) is 5.02. The van der Waals surface area contributed by atoms with E-state index in [1.807, 2.05) is 30.3 Å². The first-order valence-corrected chi connectivity index (χ1v) is 10.9. The number of rotatable bonds is 8. The highest BCUT2D eigenvalue weighted by Crippen LogP contribution is 2.31. The number of aromatic nitrogens is 3. The van der Waals surface area contributed by atoms with Crippen molar-refractivity contribution in [1.29, 1.82) is 0 Å². The summed E-state index contributed by atoms with van der Waals surface area (Å²) < 4.78 is 96.2. The molecule has 4 rings (SSSR count). The van der Waals surface area contributed by atoms with E-state index in [0.717, 1.165) is 29.3 Å². The molecule has 2 N–H and O–H groups in total. The molecule has 4 aromatic rings. The molecule has 0 spiro atoms. The van der Waals surface area contributed by atoms with Crippen LogP contribution in [-0.2, 0) is 12.7 Å². The first kappa shape index (κ1) is 26.6. The van der Waals surface area contributed by atoms with Crippen LogP contribution in [0.5, 0.6) is 6.01 Å². The van der Waals surface area contributed by atoms with E-state index in [1.54, 1.807) is 12.1 Å². The lowest BCUT2D eigenvalue weighted by atomic mass is 10.0. The lowest BCUT2D eigenvalue weighted by Gasteiger charge is -2.13. The highest BCUT2D eigenvalue weighted by Gasteiger charge is 2.31. The van der Waals surface area contributed by atoms with Crippen LogP contribution in [0.4, 0.5) is 48.3 Å². The topological polar surface area (TPSA) is 72.0 Å². The van der Waals surface area contributed by atoms with E-state index in [4.69, 9.17) is 0 Å². The van der Waals surface area contributed by atoms with E-state index in [0.29, 0.717) is 0 Å². The van der Waals surface area contributed by atoms with E-state index >= 15 is 0 Å². The fourth-order valence-corrected chi connectivity index (χ4v) is 3.30. The molecule has 0 aliphatic heterocycles. The van der Waals surface area contributed by atoms with Crippen molar-refractivity contribution in [2.75, 3.05) is 17.2 Å². The zero-order chi connectivity index (χ0) is 27.3. The predicted octanol–water partition coefficient (Wildman–Crippen LogP) is 6.99. The van der Waals surface area contributed by atoms with Crippen LogP contribution in [0, 0.1) is 5.82 Å². The van der Waals surface area contributed by atoms with Crippen molar-refractivity contribution in [2.24, 2.45) is 0 Å². The Bertz CT molecular complexity index is 1400. The summed E-state index contributed by atoms with van der Waals surface area (Å²) in [5.74, 6) is -1.24. The molecule has 13 heteroatoms. The second-order valence-corrected chi connectivity index (χ2v) is 7.90. The van der Waals surface area contributed by atoms with Crippen molar-refractivity contribution in [2.45, 2.75) is 18.9 Å². The minimum Gasteiger partial charge on any atom is -0.454 e. The van der Waals surface area contributed by atoms with Gasteiger partial charge >= 0.3 is 18.4 Å². The molecule has 0 bridgehead atoms. The van der Waals surface area contributed by atoms with E-state index in [1.165, 1.54) is 12.1 Å². The summed E-state index contributed by atoms with van der Waals surface area (Å²) in [5, 5.41) is 5.19. The molecule has 1 aromatic heterocycles. The summed E-state index contributed by atoms with van der Waals surface area (Å²) in [7, 11) is 0. The summed E-state index contributed by atoms with van der Waals surface area (Å²) in [6, 6.07) is 16.9. The summed E-state index contributed by atoms with van der Waals surface area (Å²) in [6.45, 7) is -1.88. The second kappa shape index (κ2) is 10.9. The van der Waals surface area contributed by atoms with E-state index in [-0.39, 0.29) is 23.7 Å². The maximum Gasteiger partial charge on any atom is 0.422 e. The molecule has 0 fully saturated rings. The maximum atomic E-state index is 14.5. The highest BCUT2D eigenvalue weighted by molar-refractivity contribution is 5.64. The molecule has 0 saturated heterocycles. The number of ether oxygens (including phenoxy) is 1. The molecule has 0 saturated carbocycles. The molecular weight excluding hydrogens is 519 g/mol. The molecule has 0 aliphatic carbocycles. The summed E-state index contributed by atoms with van der Waals surface area (Å²) in [4.78, 5) is 11.4. The van der Waals surface area contributed by atoms with E-state index < -0.39 is 42.3 Å². The van der Waals surface area contributed by atoms with Gasteiger partial charge in [0.15, 0.2) is 6.61 Å². The van der Waals surface area contributed by atoms with Crippen LogP contribution in [0.2, 0.25) is 0 Å². The molecule has 0 atom stereocenters. The molecule has 0 aliphatic rings. The van der Waals surface area contributed by atoms with Gasteiger partial charge < -0.3 is 15.4 Å². The Kier molecular flexibility index (Phi) is 7.65. The van der Waals surface area contributed by atoms with Gasteiger partial charge in [0.25, 0.3) is 0 Å². The van der Waals surface area contributed by atoms with Crippen LogP contribution >= 0.6 is 0 Å². The molecule has 0 amide bonds. The molecule has 3 aromatic carbocycles. The monoisotopic (exact) mass is 537 g/mol. The maximum absolute atomic E-state index is 14.5. The number of benzene rings is 3. The number of anilines is 3. The zero-order valence-corrected chi connectivity index (χ0v) is 19.2. The van der Waals surface area contributed by atoms with E-state index in [9.17, 15) is 30.7 Å². The average molecular weight is 537 g/mol. The smallest absolute Gasteiger partial charge is 0.422 e. The number of hydrogen-bond donors (Lipinski definition) is 2. The van der Waals surface area contributed by atoms with Gasteiger partial charge in [0.1, 0.15) is 5.82 Å². The van der Waals surface area contributed by atoms with Crippen molar-refractivity contribution in [3.63, 3.8) is 0 Å². The van der Waals surface area contributed by atoms with Crippen LogP contribution in [-0.4, -0.2) is 27.7 Å². The SMILES string of the molecule is Fc1ccc(-c2ccccc2)cc1CNc1nc(Nc2cccc(C(F)(F)F)c2)nc(OCC(F)(F)F)n1. The average Bonchev–Trinajstić information content (AvgIpc) is 2.87. The lowest BCUT2D eigenvalue weighted by Crippen LogP contribution is -2.21. The van der Waals surface area contributed by atoms with Gasteiger partial charge in [-0.25, -0.2) is 4.39 Å². The Morgan fingerprint density at radius 2 is 1.47 bits per heavy atom. The highest BCUT2D eigenvalue weighted by atomic mass is 19.4. The summed E-state index contributed by atoms with van der Waals surface area (Å²) in [5.41, 5.74) is 0.722. The third-order valence-electron chi connectivity index (χ3n) is 5.02. The second-order valence-electron chi connectivity index (χ2n) is 7.90. The number of alkyl halides is 6. The molecule has 198 valence electrons. The van der Waals surface area contributed by atoms with Gasteiger partial charge in [-0.05, 0) is 41.5 Å². The summed E-state index contributed by atoms with van der Waals surface area (Å²) in [6.07, 6.45) is -9.32. The van der Waals surface area contributed by atoms with Crippen molar-refractivity contribution in [1.82, 2.24) is 15.0 Å².